The summed E-state index contributed by atoms with van der Waals surface area (Å²) in [6.07, 6.45) is 3.59. The summed E-state index contributed by atoms with van der Waals surface area (Å²) < 4.78 is 6.64. The fraction of sp³-hybridized carbons (Fsp3) is 0.250. The van der Waals surface area contributed by atoms with Gasteiger partial charge in [-0.1, -0.05) is 5.21 Å². The Kier molecular flexibility index (Phi) is 5.79. The molecule has 0 spiro atoms. The molecule has 0 saturated carbocycles. The van der Waals surface area contributed by atoms with Crippen LogP contribution < -0.4 is 15.8 Å². The van der Waals surface area contributed by atoms with Gasteiger partial charge < -0.3 is 15.8 Å². The van der Waals surface area contributed by atoms with Gasteiger partial charge in [0.2, 0.25) is 5.91 Å². The predicted octanol–water partition coefficient (Wildman–Crippen LogP) is 1.32. The van der Waals surface area contributed by atoms with E-state index in [0.717, 1.165) is 0 Å². The summed E-state index contributed by atoms with van der Waals surface area (Å²) in [6.45, 7) is 0.484. The molecule has 2 rings (SSSR count). The average molecular weight is 298 g/mol. The van der Waals surface area contributed by atoms with Crippen LogP contribution in [0.25, 0.3) is 0 Å². The number of hydrogen-bond donors (Lipinski definition) is 2. The quantitative estimate of drug-likeness (QED) is 0.812. The number of benzene rings is 1. The summed E-state index contributed by atoms with van der Waals surface area (Å²) in [4.78, 5) is 11.7. The molecule has 1 aromatic heterocycles. The highest BCUT2D eigenvalue weighted by atomic mass is 35.5. The molecule has 1 aromatic carbocycles. The number of aromatic nitrogens is 3. The monoisotopic (exact) mass is 297 g/mol. The molecule has 0 aliphatic carbocycles. The van der Waals surface area contributed by atoms with Crippen molar-refractivity contribution in [3.8, 4) is 5.75 Å². The molecule has 7 nitrogen and oxygen atoms in total. The second-order valence-electron chi connectivity index (χ2n) is 3.92. The second kappa shape index (κ2) is 7.34. The molecule has 0 radical (unpaired) electrons. The Morgan fingerprint density at radius 1 is 1.50 bits per heavy atom. The van der Waals surface area contributed by atoms with E-state index in [-0.39, 0.29) is 18.3 Å². The van der Waals surface area contributed by atoms with Crippen molar-refractivity contribution in [3.05, 3.63) is 30.6 Å². The Bertz CT molecular complexity index is 559. The van der Waals surface area contributed by atoms with Crippen LogP contribution in [0.15, 0.2) is 30.6 Å². The molecular weight excluding hydrogens is 282 g/mol. The molecule has 0 aliphatic rings. The van der Waals surface area contributed by atoms with Crippen molar-refractivity contribution in [2.45, 2.75) is 13.0 Å². The molecule has 0 saturated heterocycles. The molecule has 0 unspecified atom stereocenters. The summed E-state index contributed by atoms with van der Waals surface area (Å²) in [5.74, 6) is 0.473. The number of aryl methyl sites for hydroxylation is 1. The molecule has 1 amide bonds. The summed E-state index contributed by atoms with van der Waals surface area (Å²) in [5.41, 5.74) is 6.88. The minimum atomic E-state index is -0.111. The fourth-order valence-corrected chi connectivity index (χ4v) is 1.60. The number of nitrogens with zero attached hydrogens (tertiary/aromatic N) is 3. The lowest BCUT2D eigenvalue weighted by Crippen LogP contribution is -2.15. The molecule has 108 valence electrons. The van der Waals surface area contributed by atoms with Crippen LogP contribution in [-0.2, 0) is 11.3 Å². The van der Waals surface area contributed by atoms with E-state index >= 15 is 0 Å². The zero-order chi connectivity index (χ0) is 13.7. The summed E-state index contributed by atoms with van der Waals surface area (Å²) in [5, 5.41) is 10.2. The van der Waals surface area contributed by atoms with E-state index in [1.807, 2.05) is 0 Å². The van der Waals surface area contributed by atoms with Crippen LogP contribution >= 0.6 is 12.4 Å². The summed E-state index contributed by atoms with van der Waals surface area (Å²) in [6, 6.07) is 5.11. The number of nitrogens with one attached hydrogen (secondary N) is 1. The molecule has 0 bridgehead atoms. The van der Waals surface area contributed by atoms with Gasteiger partial charge >= 0.3 is 0 Å². The number of carbonyl (C=O) groups is 1. The smallest absolute Gasteiger partial charge is 0.226 e. The van der Waals surface area contributed by atoms with Gasteiger partial charge in [-0.2, -0.15) is 0 Å². The van der Waals surface area contributed by atoms with Gasteiger partial charge in [-0.05, 0) is 18.2 Å². The Hall–Kier alpha value is -2.28. The number of nitrogen functional groups attached to an aromatic ring is 1. The third-order valence-electron chi connectivity index (χ3n) is 2.55. The van der Waals surface area contributed by atoms with E-state index in [9.17, 15) is 4.79 Å². The van der Waals surface area contributed by atoms with Crippen molar-refractivity contribution >= 4 is 29.7 Å². The number of halogens is 1. The van der Waals surface area contributed by atoms with Crippen molar-refractivity contribution in [1.29, 1.82) is 0 Å². The Morgan fingerprint density at radius 3 is 2.90 bits per heavy atom. The van der Waals surface area contributed by atoms with Gasteiger partial charge in [0, 0.05) is 18.3 Å². The fourth-order valence-electron chi connectivity index (χ4n) is 1.60. The largest absolute Gasteiger partial charge is 0.495 e. The van der Waals surface area contributed by atoms with Crippen molar-refractivity contribution in [2.24, 2.45) is 0 Å². The maximum atomic E-state index is 11.7. The zero-order valence-corrected chi connectivity index (χ0v) is 11.8. The number of methoxy groups -OCH3 is 1. The maximum absolute atomic E-state index is 11.7. The molecule has 20 heavy (non-hydrogen) atoms. The molecule has 2 aromatic rings. The Labute approximate surface area is 122 Å². The normalized spacial score (nSPS) is 9.65. The van der Waals surface area contributed by atoms with E-state index in [1.54, 1.807) is 42.4 Å². The molecule has 0 aliphatic heterocycles. The van der Waals surface area contributed by atoms with Crippen LogP contribution in [0.3, 0.4) is 0 Å². The maximum Gasteiger partial charge on any atom is 0.226 e. The van der Waals surface area contributed by atoms with Crippen molar-refractivity contribution in [2.75, 3.05) is 18.2 Å². The van der Waals surface area contributed by atoms with E-state index in [4.69, 9.17) is 10.5 Å². The van der Waals surface area contributed by atoms with Gasteiger partial charge in [-0.15, -0.1) is 17.5 Å². The lowest BCUT2D eigenvalue weighted by atomic mass is 10.2. The van der Waals surface area contributed by atoms with Gasteiger partial charge in [0.1, 0.15) is 5.75 Å². The number of carbonyl (C=O) groups excluding carboxylic acids is 1. The van der Waals surface area contributed by atoms with E-state index < -0.39 is 0 Å². The number of anilines is 2. The standard InChI is InChI=1S/C12H15N5O2.ClH/c1-19-11-3-2-9(8-10(11)13)15-12(18)4-6-17-7-5-14-16-17;/h2-3,5,7-8H,4,6,13H2,1H3,(H,15,18);1H. The number of ether oxygens (including phenoxy) is 1. The topological polar surface area (TPSA) is 95.1 Å². The van der Waals surface area contributed by atoms with Crippen LogP contribution in [0, 0.1) is 0 Å². The number of nitrogens with two attached hydrogens (primary N) is 1. The Balaban J connectivity index is 0.00000200. The zero-order valence-electron chi connectivity index (χ0n) is 10.9. The lowest BCUT2D eigenvalue weighted by Gasteiger charge is -2.08. The van der Waals surface area contributed by atoms with Gasteiger partial charge in [0.25, 0.3) is 0 Å². The van der Waals surface area contributed by atoms with Crippen LogP contribution in [-0.4, -0.2) is 28.0 Å². The van der Waals surface area contributed by atoms with Crippen molar-refractivity contribution in [3.63, 3.8) is 0 Å². The van der Waals surface area contributed by atoms with Crippen LogP contribution in [0.2, 0.25) is 0 Å². The number of hydrogen-bond acceptors (Lipinski definition) is 5. The summed E-state index contributed by atoms with van der Waals surface area (Å²) in [7, 11) is 1.54. The first-order valence-electron chi connectivity index (χ1n) is 5.76. The minimum absolute atomic E-state index is 0. The van der Waals surface area contributed by atoms with Gasteiger partial charge in [-0.25, -0.2) is 0 Å². The highest BCUT2D eigenvalue weighted by Gasteiger charge is 2.05. The molecule has 1 heterocycles. The van der Waals surface area contributed by atoms with E-state index in [0.29, 0.717) is 30.1 Å². The molecule has 0 atom stereocenters. The first kappa shape index (κ1) is 15.8. The second-order valence-corrected chi connectivity index (χ2v) is 3.92. The molecule has 0 fully saturated rings. The first-order valence-corrected chi connectivity index (χ1v) is 5.76. The number of amides is 1. The average Bonchev–Trinajstić information content (AvgIpc) is 2.90. The number of rotatable bonds is 5. The third kappa shape index (κ3) is 4.13. The molecular formula is C12H16ClN5O2. The van der Waals surface area contributed by atoms with Crippen molar-refractivity contribution < 1.29 is 9.53 Å². The van der Waals surface area contributed by atoms with Gasteiger partial charge in [-0.3, -0.25) is 9.48 Å². The highest BCUT2D eigenvalue weighted by molar-refractivity contribution is 5.91. The van der Waals surface area contributed by atoms with Crippen LogP contribution in [0.1, 0.15) is 6.42 Å². The van der Waals surface area contributed by atoms with Crippen LogP contribution in [0.4, 0.5) is 11.4 Å². The van der Waals surface area contributed by atoms with Gasteiger partial charge in [0.05, 0.1) is 25.5 Å². The molecule has 8 heteroatoms. The SMILES string of the molecule is COc1ccc(NC(=O)CCn2ccnn2)cc1N.Cl. The molecule has 3 N–H and O–H groups in total. The lowest BCUT2D eigenvalue weighted by molar-refractivity contribution is -0.116. The first-order chi connectivity index (χ1) is 9.19. The third-order valence-corrected chi connectivity index (χ3v) is 2.55. The van der Waals surface area contributed by atoms with E-state index in [1.165, 1.54) is 0 Å². The van der Waals surface area contributed by atoms with Crippen LogP contribution in [0.5, 0.6) is 5.75 Å². The Morgan fingerprint density at radius 2 is 2.30 bits per heavy atom. The highest BCUT2D eigenvalue weighted by Crippen LogP contribution is 2.24. The van der Waals surface area contributed by atoms with Gasteiger partial charge in [0.15, 0.2) is 0 Å². The van der Waals surface area contributed by atoms with Crippen molar-refractivity contribution in [1.82, 2.24) is 15.0 Å². The summed E-state index contributed by atoms with van der Waals surface area (Å²) >= 11 is 0. The van der Waals surface area contributed by atoms with E-state index in [2.05, 4.69) is 15.6 Å². The predicted molar refractivity (Wildman–Crippen MR) is 77.9 cm³/mol. The minimum Gasteiger partial charge on any atom is -0.495 e.